The molecule has 3 aromatic heterocycles. The molecule has 11 heteroatoms. The lowest BCUT2D eigenvalue weighted by atomic mass is 10.0. The lowest BCUT2D eigenvalue weighted by Crippen LogP contribution is -2.43. The summed E-state index contributed by atoms with van der Waals surface area (Å²) in [6.07, 6.45) is 4.50. The number of rotatable bonds is 6. The number of nitrogens with zero attached hydrogens (tertiary/aromatic N) is 5. The predicted molar refractivity (Wildman–Crippen MR) is 123 cm³/mol. The quantitative estimate of drug-likeness (QED) is 0.521. The number of hydrogen-bond donors (Lipinski definition) is 3. The van der Waals surface area contributed by atoms with Gasteiger partial charge in [-0.25, -0.2) is 9.37 Å². The average molecular weight is 455 g/mol. The molecule has 0 radical (unpaired) electrons. The number of nitrogens with one attached hydrogen (secondary N) is 3. The van der Waals surface area contributed by atoms with Gasteiger partial charge in [-0.2, -0.15) is 9.61 Å². The van der Waals surface area contributed by atoms with Crippen LogP contribution in [-0.2, 0) is 0 Å². The molecule has 0 spiro atoms. The molecule has 33 heavy (non-hydrogen) atoms. The van der Waals surface area contributed by atoms with Gasteiger partial charge in [-0.15, -0.1) is 0 Å². The summed E-state index contributed by atoms with van der Waals surface area (Å²) in [6.45, 7) is 1.03. The van der Waals surface area contributed by atoms with E-state index in [0.717, 1.165) is 19.4 Å². The van der Waals surface area contributed by atoms with Crippen LogP contribution in [0.2, 0.25) is 0 Å². The van der Waals surface area contributed by atoms with Gasteiger partial charge in [0.25, 0.3) is 11.5 Å². The third kappa shape index (κ3) is 4.15. The van der Waals surface area contributed by atoms with Crippen LogP contribution >= 0.6 is 0 Å². The van der Waals surface area contributed by atoms with E-state index in [1.54, 1.807) is 36.0 Å². The third-order valence-corrected chi connectivity index (χ3v) is 6.19. The number of hydrogen-bond acceptors (Lipinski definition) is 7. The molecule has 2 aliphatic rings. The summed E-state index contributed by atoms with van der Waals surface area (Å²) in [6, 6.07) is 4.76. The molecule has 3 N–H and O–H groups in total. The Morgan fingerprint density at radius 2 is 2.09 bits per heavy atom. The van der Waals surface area contributed by atoms with Gasteiger partial charge in [0.1, 0.15) is 29.1 Å². The van der Waals surface area contributed by atoms with Crippen LogP contribution in [0.4, 0.5) is 21.7 Å². The van der Waals surface area contributed by atoms with Crippen molar-refractivity contribution in [1.29, 1.82) is 0 Å². The Bertz CT molecular complexity index is 1250. The van der Waals surface area contributed by atoms with Gasteiger partial charge in [0.05, 0.1) is 12.2 Å². The van der Waals surface area contributed by atoms with Crippen LogP contribution in [-0.4, -0.2) is 69.4 Å². The van der Waals surface area contributed by atoms with Crippen molar-refractivity contribution in [1.82, 2.24) is 29.4 Å². The number of halogens is 1. The zero-order chi connectivity index (χ0) is 23.1. The van der Waals surface area contributed by atoms with Crippen molar-refractivity contribution in [2.75, 3.05) is 37.8 Å². The third-order valence-electron chi connectivity index (χ3n) is 6.19. The zero-order valence-electron chi connectivity index (χ0n) is 18.6. The Morgan fingerprint density at radius 3 is 2.82 bits per heavy atom. The van der Waals surface area contributed by atoms with Gasteiger partial charge < -0.3 is 25.4 Å². The van der Waals surface area contributed by atoms with E-state index in [4.69, 9.17) is 0 Å². The monoisotopic (exact) mass is 454 g/mol. The highest BCUT2D eigenvalue weighted by Crippen LogP contribution is 2.25. The molecule has 1 saturated carbocycles. The Balaban J connectivity index is 1.47. The minimum Gasteiger partial charge on any atom is -0.373 e. The number of amides is 1. The minimum atomic E-state index is -1.12. The number of anilines is 3. The molecule has 5 rings (SSSR count). The molecular formula is C22H27FN8O2. The molecule has 4 heterocycles. The zero-order valence-corrected chi connectivity index (χ0v) is 18.6. The van der Waals surface area contributed by atoms with Crippen molar-refractivity contribution in [3.8, 4) is 0 Å². The van der Waals surface area contributed by atoms with Gasteiger partial charge in [0.2, 0.25) is 0 Å². The van der Waals surface area contributed by atoms with E-state index < -0.39 is 12.2 Å². The average Bonchev–Trinajstić information content (AvgIpc) is 3.50. The fourth-order valence-electron chi connectivity index (χ4n) is 4.22. The summed E-state index contributed by atoms with van der Waals surface area (Å²) in [5.41, 5.74) is 0.700. The molecule has 2 fully saturated rings. The molecule has 0 unspecified atom stereocenters. The lowest BCUT2D eigenvalue weighted by molar-refractivity contribution is 0.0952. The highest BCUT2D eigenvalue weighted by atomic mass is 19.1. The first kappa shape index (κ1) is 21.4. The van der Waals surface area contributed by atoms with Gasteiger partial charge in [-0.1, -0.05) is 0 Å². The van der Waals surface area contributed by atoms with Gasteiger partial charge in [0.15, 0.2) is 5.65 Å². The second kappa shape index (κ2) is 8.47. The summed E-state index contributed by atoms with van der Waals surface area (Å²) < 4.78 is 17.7. The van der Waals surface area contributed by atoms with Crippen LogP contribution in [0, 0.1) is 0 Å². The van der Waals surface area contributed by atoms with Crippen molar-refractivity contribution in [3.05, 3.63) is 46.5 Å². The smallest absolute Gasteiger partial charge is 0.274 e. The van der Waals surface area contributed by atoms with Crippen LogP contribution in [0.25, 0.3) is 5.65 Å². The fourth-order valence-corrected chi connectivity index (χ4v) is 4.22. The topological polar surface area (TPSA) is 109 Å². The van der Waals surface area contributed by atoms with Crippen LogP contribution in [0.3, 0.4) is 0 Å². The Hall–Kier alpha value is -3.47. The van der Waals surface area contributed by atoms with Crippen molar-refractivity contribution >= 4 is 28.9 Å². The molecule has 1 amide bonds. The van der Waals surface area contributed by atoms with Gasteiger partial charge in [-0.05, 0) is 38.4 Å². The lowest BCUT2D eigenvalue weighted by Gasteiger charge is -2.33. The molecule has 2 atom stereocenters. The van der Waals surface area contributed by atoms with Crippen molar-refractivity contribution in [2.45, 2.75) is 37.5 Å². The maximum Gasteiger partial charge on any atom is 0.274 e. The van der Waals surface area contributed by atoms with Crippen LogP contribution in [0.1, 0.15) is 35.7 Å². The number of piperidine rings is 1. The van der Waals surface area contributed by atoms with Gasteiger partial charge >= 0.3 is 0 Å². The SMILES string of the molecule is CNc1cc(Nc2cccn([C@@H]3CCN(C)C[C@H]3F)c2=O)nc2c(C(=O)NC3CC3)cnn12. The normalized spacial score (nSPS) is 21.2. The summed E-state index contributed by atoms with van der Waals surface area (Å²) >= 11 is 0. The number of aromatic nitrogens is 4. The van der Waals surface area contributed by atoms with Gasteiger partial charge in [-0.3, -0.25) is 9.59 Å². The summed E-state index contributed by atoms with van der Waals surface area (Å²) in [7, 11) is 3.61. The summed E-state index contributed by atoms with van der Waals surface area (Å²) in [5, 5.41) is 13.3. The molecule has 3 aromatic rings. The largest absolute Gasteiger partial charge is 0.373 e. The standard InChI is InChI=1S/C22H27FN8O2/c1-24-19-10-18(28-20-14(11-25-31(19)20)21(32)26-13-5-6-13)27-16-4-3-8-30(22(16)33)17-7-9-29(2)12-15(17)23/h3-4,8,10-11,13,15,17,24H,5-7,9,12H2,1-2H3,(H,26,32)(H,27,28)/t15-,17-/m1/s1. The summed E-state index contributed by atoms with van der Waals surface area (Å²) in [5.74, 6) is 0.753. The first-order valence-electron chi connectivity index (χ1n) is 11.1. The van der Waals surface area contributed by atoms with E-state index in [1.165, 1.54) is 10.8 Å². The second-order valence-corrected chi connectivity index (χ2v) is 8.71. The number of pyridine rings is 1. The minimum absolute atomic E-state index is 0.208. The van der Waals surface area contributed by atoms with E-state index in [9.17, 15) is 14.0 Å². The number of carbonyl (C=O) groups excluding carboxylic acids is 1. The molecular weight excluding hydrogens is 427 g/mol. The first-order chi connectivity index (χ1) is 15.9. The fraction of sp³-hybridized carbons (Fsp3) is 0.455. The first-order valence-corrected chi connectivity index (χ1v) is 11.1. The van der Waals surface area contributed by atoms with E-state index in [2.05, 4.69) is 26.0 Å². The van der Waals surface area contributed by atoms with Gasteiger partial charge in [0, 0.05) is 38.4 Å². The molecule has 10 nitrogen and oxygen atoms in total. The van der Waals surface area contributed by atoms with E-state index >= 15 is 0 Å². The molecule has 1 saturated heterocycles. The maximum atomic E-state index is 14.7. The molecule has 0 bridgehead atoms. The maximum absolute atomic E-state index is 14.7. The molecule has 174 valence electrons. The highest BCUT2D eigenvalue weighted by molar-refractivity contribution is 6.00. The van der Waals surface area contributed by atoms with Crippen molar-refractivity contribution in [2.24, 2.45) is 0 Å². The van der Waals surface area contributed by atoms with E-state index in [-0.39, 0.29) is 23.2 Å². The van der Waals surface area contributed by atoms with Crippen molar-refractivity contribution < 1.29 is 9.18 Å². The van der Waals surface area contributed by atoms with Crippen molar-refractivity contribution in [3.63, 3.8) is 0 Å². The number of likely N-dealkylation sites (tertiary alicyclic amines) is 1. The highest BCUT2D eigenvalue weighted by Gasteiger charge is 2.30. The molecule has 1 aliphatic carbocycles. The van der Waals surface area contributed by atoms with Crippen LogP contribution in [0.5, 0.6) is 0 Å². The van der Waals surface area contributed by atoms with E-state index in [1.807, 2.05) is 11.9 Å². The van der Waals surface area contributed by atoms with Crippen LogP contribution in [0.15, 0.2) is 35.4 Å². The molecule has 1 aliphatic heterocycles. The van der Waals surface area contributed by atoms with Crippen LogP contribution < -0.4 is 21.5 Å². The Morgan fingerprint density at radius 1 is 1.27 bits per heavy atom. The summed E-state index contributed by atoms with van der Waals surface area (Å²) in [4.78, 5) is 32.3. The number of carbonyl (C=O) groups is 1. The Kier molecular flexibility index (Phi) is 5.49. The second-order valence-electron chi connectivity index (χ2n) is 8.71. The van der Waals surface area contributed by atoms with E-state index in [0.29, 0.717) is 35.8 Å². The predicted octanol–water partition coefficient (Wildman–Crippen LogP) is 1.78. The number of alkyl halides is 1. The Labute approximate surface area is 189 Å². The molecule has 0 aromatic carbocycles. The number of fused-ring (bicyclic) bond motifs is 1.